The summed E-state index contributed by atoms with van der Waals surface area (Å²) < 4.78 is 7.41. The van der Waals surface area contributed by atoms with E-state index in [4.69, 9.17) is 4.74 Å². The number of anilines is 1. The molecule has 0 saturated heterocycles. The molecule has 1 aliphatic carbocycles. The molecule has 1 saturated carbocycles. The number of ether oxygens (including phenoxy) is 1. The van der Waals surface area contributed by atoms with Gasteiger partial charge in [-0.05, 0) is 37.5 Å². The number of carbonyl (C=O) groups excluding carboxylic acids is 1. The van der Waals surface area contributed by atoms with E-state index in [2.05, 4.69) is 10.4 Å². The summed E-state index contributed by atoms with van der Waals surface area (Å²) in [5.74, 6) is 1.73. The SMILES string of the molecule is CCOc1ccc([C@@H]2SCC(=O)Nc3c2c(=O)[nH]n3C2CCCC2)cc1. The molecule has 1 amide bonds. The summed E-state index contributed by atoms with van der Waals surface area (Å²) in [5, 5.41) is 5.78. The zero-order valence-corrected chi connectivity index (χ0v) is 15.6. The van der Waals surface area contributed by atoms with Crippen molar-refractivity contribution in [1.29, 1.82) is 0 Å². The molecule has 0 radical (unpaired) electrons. The van der Waals surface area contributed by atoms with Gasteiger partial charge in [-0.15, -0.1) is 11.8 Å². The second-order valence-corrected chi connectivity index (χ2v) is 7.85. The number of H-pyrrole nitrogens is 1. The molecule has 0 unspecified atom stereocenters. The lowest BCUT2D eigenvalue weighted by atomic mass is 10.1. The van der Waals surface area contributed by atoms with Gasteiger partial charge in [0.1, 0.15) is 11.6 Å². The van der Waals surface area contributed by atoms with Crippen molar-refractivity contribution in [3.8, 4) is 5.75 Å². The Bertz CT molecular complexity index is 850. The van der Waals surface area contributed by atoms with Gasteiger partial charge in [0.05, 0.1) is 29.2 Å². The van der Waals surface area contributed by atoms with Crippen molar-refractivity contribution in [1.82, 2.24) is 9.78 Å². The van der Waals surface area contributed by atoms with E-state index >= 15 is 0 Å². The molecule has 138 valence electrons. The highest BCUT2D eigenvalue weighted by Gasteiger charge is 2.32. The monoisotopic (exact) mass is 373 g/mol. The molecule has 1 aromatic carbocycles. The molecule has 0 spiro atoms. The van der Waals surface area contributed by atoms with Crippen LogP contribution in [0.1, 0.15) is 55.0 Å². The summed E-state index contributed by atoms with van der Waals surface area (Å²) in [6, 6.07) is 8.06. The minimum atomic E-state index is -0.175. The third-order valence-corrected chi connectivity index (χ3v) is 6.32. The summed E-state index contributed by atoms with van der Waals surface area (Å²) in [6.45, 7) is 2.56. The number of fused-ring (bicyclic) bond motifs is 1. The predicted octanol–water partition coefficient (Wildman–Crippen LogP) is 3.46. The molecule has 4 rings (SSSR count). The van der Waals surface area contributed by atoms with Crippen molar-refractivity contribution in [3.63, 3.8) is 0 Å². The first-order valence-electron chi connectivity index (χ1n) is 9.16. The zero-order valence-electron chi connectivity index (χ0n) is 14.8. The molecule has 1 atom stereocenters. The lowest BCUT2D eigenvalue weighted by Crippen LogP contribution is -2.18. The highest BCUT2D eigenvalue weighted by molar-refractivity contribution is 8.00. The van der Waals surface area contributed by atoms with Crippen LogP contribution in [0.15, 0.2) is 29.1 Å². The van der Waals surface area contributed by atoms with Crippen molar-refractivity contribution in [2.45, 2.75) is 43.9 Å². The lowest BCUT2D eigenvalue weighted by Gasteiger charge is -2.17. The van der Waals surface area contributed by atoms with Crippen LogP contribution in [-0.2, 0) is 4.79 Å². The number of hydrogen-bond donors (Lipinski definition) is 2. The van der Waals surface area contributed by atoms with E-state index in [9.17, 15) is 9.59 Å². The van der Waals surface area contributed by atoms with E-state index in [-0.39, 0.29) is 22.8 Å². The minimum Gasteiger partial charge on any atom is -0.494 e. The number of amides is 1. The fourth-order valence-corrected chi connectivity index (χ4v) is 4.97. The van der Waals surface area contributed by atoms with Gasteiger partial charge in [-0.25, -0.2) is 0 Å². The van der Waals surface area contributed by atoms with Gasteiger partial charge < -0.3 is 10.1 Å². The summed E-state index contributed by atoms with van der Waals surface area (Å²) in [7, 11) is 0. The van der Waals surface area contributed by atoms with Crippen LogP contribution in [0.4, 0.5) is 5.82 Å². The molecule has 2 heterocycles. The number of aromatic amines is 1. The molecule has 2 N–H and O–H groups in total. The number of carbonyl (C=O) groups is 1. The van der Waals surface area contributed by atoms with Gasteiger partial charge in [-0.1, -0.05) is 25.0 Å². The van der Waals surface area contributed by atoms with Crippen molar-refractivity contribution >= 4 is 23.5 Å². The molecule has 7 heteroatoms. The van der Waals surface area contributed by atoms with E-state index in [1.165, 1.54) is 11.8 Å². The maximum absolute atomic E-state index is 12.8. The standard InChI is InChI=1S/C19H23N3O3S/c1-2-25-14-9-7-12(8-10-14)17-16-18(20-15(23)11-26-17)22(21-19(16)24)13-5-3-4-6-13/h7-10,13,17H,2-6,11H2,1H3,(H,20,23)(H,21,24)/t17-/m0/s1. The van der Waals surface area contributed by atoms with Crippen molar-refractivity contribution in [2.24, 2.45) is 0 Å². The van der Waals surface area contributed by atoms with Crippen LogP contribution in [0.3, 0.4) is 0 Å². The van der Waals surface area contributed by atoms with Gasteiger partial charge in [-0.2, -0.15) is 0 Å². The van der Waals surface area contributed by atoms with E-state index < -0.39 is 0 Å². The van der Waals surface area contributed by atoms with Crippen LogP contribution in [0.2, 0.25) is 0 Å². The quantitative estimate of drug-likeness (QED) is 0.860. The van der Waals surface area contributed by atoms with Gasteiger partial charge >= 0.3 is 0 Å². The second kappa shape index (κ2) is 7.23. The number of hydrogen-bond acceptors (Lipinski definition) is 4. The Morgan fingerprint density at radius 1 is 1.19 bits per heavy atom. The molecule has 1 aromatic heterocycles. The maximum atomic E-state index is 12.8. The number of nitrogens with one attached hydrogen (secondary N) is 2. The topological polar surface area (TPSA) is 76.1 Å². The highest BCUT2D eigenvalue weighted by atomic mass is 32.2. The number of aromatic nitrogens is 2. The molecule has 6 nitrogen and oxygen atoms in total. The van der Waals surface area contributed by atoms with Gasteiger partial charge in [-0.3, -0.25) is 19.4 Å². The Hall–Kier alpha value is -2.15. The molecular formula is C19H23N3O3S. The fourth-order valence-electron chi connectivity index (χ4n) is 3.85. The van der Waals surface area contributed by atoms with Gasteiger partial charge in [0.25, 0.3) is 5.56 Å². The van der Waals surface area contributed by atoms with Crippen molar-refractivity contribution < 1.29 is 9.53 Å². The van der Waals surface area contributed by atoms with Crippen LogP contribution < -0.4 is 15.6 Å². The summed E-state index contributed by atoms with van der Waals surface area (Å²) in [5.41, 5.74) is 1.54. The number of benzene rings is 1. The first kappa shape index (κ1) is 17.3. The molecule has 26 heavy (non-hydrogen) atoms. The minimum absolute atomic E-state index is 0.0598. The normalized spacial score (nSPS) is 20.5. The largest absolute Gasteiger partial charge is 0.494 e. The highest BCUT2D eigenvalue weighted by Crippen LogP contribution is 2.42. The van der Waals surface area contributed by atoms with Crippen LogP contribution in [0.25, 0.3) is 0 Å². The van der Waals surface area contributed by atoms with Crippen molar-refractivity contribution in [2.75, 3.05) is 17.7 Å². The summed E-state index contributed by atoms with van der Waals surface area (Å²) >= 11 is 1.49. The van der Waals surface area contributed by atoms with Crippen LogP contribution in [-0.4, -0.2) is 28.0 Å². The fraction of sp³-hybridized carbons (Fsp3) is 0.474. The number of thioether (sulfide) groups is 1. The smallest absolute Gasteiger partial charge is 0.270 e. The van der Waals surface area contributed by atoms with Gasteiger partial charge in [0, 0.05) is 0 Å². The van der Waals surface area contributed by atoms with E-state index in [1.54, 1.807) is 0 Å². The Morgan fingerprint density at radius 3 is 2.62 bits per heavy atom. The maximum Gasteiger partial charge on any atom is 0.270 e. The first-order valence-corrected chi connectivity index (χ1v) is 10.2. The molecule has 2 aliphatic rings. The third kappa shape index (κ3) is 3.16. The average molecular weight is 373 g/mol. The Kier molecular flexibility index (Phi) is 4.80. The second-order valence-electron chi connectivity index (χ2n) is 6.75. The molecule has 1 fully saturated rings. The van der Waals surface area contributed by atoms with E-state index in [1.807, 2.05) is 35.9 Å². The number of nitrogens with zero attached hydrogens (tertiary/aromatic N) is 1. The Labute approximate surface area is 156 Å². The molecular weight excluding hydrogens is 350 g/mol. The van der Waals surface area contributed by atoms with Crippen LogP contribution in [0.5, 0.6) is 5.75 Å². The molecule has 1 aliphatic heterocycles. The van der Waals surface area contributed by atoms with Crippen molar-refractivity contribution in [3.05, 3.63) is 45.7 Å². The Morgan fingerprint density at radius 2 is 1.92 bits per heavy atom. The van der Waals surface area contributed by atoms with Crippen LogP contribution >= 0.6 is 11.8 Å². The molecule has 0 bridgehead atoms. The predicted molar refractivity (Wildman–Crippen MR) is 103 cm³/mol. The number of rotatable bonds is 4. The van der Waals surface area contributed by atoms with Gasteiger partial charge in [0.15, 0.2) is 0 Å². The van der Waals surface area contributed by atoms with E-state index in [0.29, 0.717) is 23.7 Å². The van der Waals surface area contributed by atoms with Gasteiger partial charge in [0.2, 0.25) is 5.91 Å². The first-order chi connectivity index (χ1) is 12.7. The third-order valence-electron chi connectivity index (χ3n) is 5.05. The summed E-state index contributed by atoms with van der Waals surface area (Å²) in [6.07, 6.45) is 4.39. The zero-order chi connectivity index (χ0) is 18.1. The van der Waals surface area contributed by atoms with Crippen LogP contribution in [0, 0.1) is 0 Å². The Balaban J connectivity index is 1.76. The van der Waals surface area contributed by atoms with E-state index in [0.717, 1.165) is 37.0 Å². The summed E-state index contributed by atoms with van der Waals surface area (Å²) in [4.78, 5) is 25.0. The average Bonchev–Trinajstić information content (AvgIpc) is 3.22. The molecule has 2 aromatic rings. The lowest BCUT2D eigenvalue weighted by molar-refractivity contribution is -0.113.